The van der Waals surface area contributed by atoms with Gasteiger partial charge in [0.05, 0.1) is 5.69 Å². The lowest BCUT2D eigenvalue weighted by atomic mass is 10.0. The number of aryl methyl sites for hydroxylation is 1. The van der Waals surface area contributed by atoms with E-state index in [0.29, 0.717) is 24.1 Å². The molecule has 21 heavy (non-hydrogen) atoms. The van der Waals surface area contributed by atoms with Crippen LogP contribution in [0.15, 0.2) is 24.3 Å². The fourth-order valence-corrected chi connectivity index (χ4v) is 2.51. The van der Waals surface area contributed by atoms with E-state index in [2.05, 4.69) is 24.0 Å². The van der Waals surface area contributed by atoms with Crippen LogP contribution in [0.2, 0.25) is 5.02 Å². The molecule has 0 bridgehead atoms. The van der Waals surface area contributed by atoms with E-state index in [9.17, 15) is 0 Å². The van der Waals surface area contributed by atoms with Gasteiger partial charge in [0, 0.05) is 22.7 Å². The van der Waals surface area contributed by atoms with Crippen LogP contribution in [0.3, 0.4) is 0 Å². The van der Waals surface area contributed by atoms with Crippen LogP contribution in [-0.4, -0.2) is 10.2 Å². The van der Waals surface area contributed by atoms with Gasteiger partial charge in [0.25, 0.3) is 0 Å². The summed E-state index contributed by atoms with van der Waals surface area (Å²) in [6, 6.07) is 7.59. The first-order chi connectivity index (χ1) is 10.2. The highest BCUT2D eigenvalue weighted by Gasteiger charge is 2.14. The van der Waals surface area contributed by atoms with Gasteiger partial charge in [-0.2, -0.15) is 5.10 Å². The van der Waals surface area contributed by atoms with E-state index in [0.717, 1.165) is 35.2 Å². The Kier molecular flexibility index (Phi) is 5.53. The third-order valence-electron chi connectivity index (χ3n) is 3.45. The van der Waals surface area contributed by atoms with Crippen LogP contribution in [0.25, 0.3) is 0 Å². The van der Waals surface area contributed by atoms with Crippen molar-refractivity contribution in [3.05, 3.63) is 51.7 Å². The van der Waals surface area contributed by atoms with Crippen LogP contribution in [-0.2, 0) is 26.0 Å². The molecule has 4 nitrogen and oxygen atoms in total. The summed E-state index contributed by atoms with van der Waals surface area (Å²) in [6.07, 6.45) is 1.71. The number of nitrogens with zero attached hydrogens (tertiary/aromatic N) is 2. The molecule has 2 aromatic rings. The second-order valence-electron chi connectivity index (χ2n) is 4.70. The number of aromatic nitrogens is 2. The molecule has 0 fully saturated rings. The molecule has 1 aromatic heterocycles. The maximum atomic E-state index is 6.13. The van der Waals surface area contributed by atoms with Crippen LogP contribution in [0, 0.1) is 0 Å². The molecule has 1 aromatic carbocycles. The molecule has 0 aliphatic heterocycles. The van der Waals surface area contributed by atoms with Crippen molar-refractivity contribution in [3.8, 4) is 5.88 Å². The molecule has 0 saturated heterocycles. The summed E-state index contributed by atoms with van der Waals surface area (Å²) in [5, 5.41) is 9.11. The predicted molar refractivity (Wildman–Crippen MR) is 84.5 cm³/mol. The summed E-state index contributed by atoms with van der Waals surface area (Å²) in [5.74, 6) is 0.506. The zero-order chi connectivity index (χ0) is 15.2. The molecule has 112 valence electrons. The lowest BCUT2D eigenvalue weighted by Gasteiger charge is -2.15. The van der Waals surface area contributed by atoms with Gasteiger partial charge >= 0.3 is 0 Å². The van der Waals surface area contributed by atoms with E-state index in [1.54, 1.807) is 0 Å². The average molecular weight is 306 g/mol. The van der Waals surface area contributed by atoms with Crippen molar-refractivity contribution in [2.45, 2.75) is 39.8 Å². The topological polar surface area (TPSA) is 61.0 Å². The van der Waals surface area contributed by atoms with Gasteiger partial charge in [-0.05, 0) is 24.5 Å². The highest BCUT2D eigenvalue weighted by molar-refractivity contribution is 6.31. The molecule has 0 aliphatic carbocycles. The standard InChI is InChI=1S/C16H20ClN3O/c1-3-12-13(9-18)16(20-19-15(12)4-2)21-10-11-7-5-6-8-14(11)17/h5-8H,3-4,9-10,18H2,1-2H3. The Labute approximate surface area is 130 Å². The van der Waals surface area contributed by atoms with E-state index < -0.39 is 0 Å². The SMILES string of the molecule is CCc1nnc(OCc2ccccc2Cl)c(CN)c1CC. The van der Waals surface area contributed by atoms with Gasteiger partial charge < -0.3 is 10.5 Å². The minimum absolute atomic E-state index is 0.357. The van der Waals surface area contributed by atoms with Gasteiger partial charge in [-0.1, -0.05) is 43.6 Å². The van der Waals surface area contributed by atoms with E-state index >= 15 is 0 Å². The first-order valence-corrected chi connectivity index (χ1v) is 7.52. The van der Waals surface area contributed by atoms with Crippen LogP contribution < -0.4 is 10.5 Å². The van der Waals surface area contributed by atoms with Crippen LogP contribution in [0.1, 0.15) is 36.2 Å². The number of rotatable bonds is 6. The van der Waals surface area contributed by atoms with Crippen molar-refractivity contribution in [1.29, 1.82) is 0 Å². The molecule has 0 aliphatic rings. The molecule has 0 amide bonds. The van der Waals surface area contributed by atoms with Crippen LogP contribution >= 0.6 is 11.6 Å². The third-order valence-corrected chi connectivity index (χ3v) is 3.82. The first-order valence-electron chi connectivity index (χ1n) is 7.14. The minimum Gasteiger partial charge on any atom is -0.471 e. The zero-order valence-corrected chi connectivity index (χ0v) is 13.2. The highest BCUT2D eigenvalue weighted by atomic mass is 35.5. The molecule has 0 radical (unpaired) electrons. The highest BCUT2D eigenvalue weighted by Crippen LogP contribution is 2.24. The Morgan fingerprint density at radius 2 is 1.86 bits per heavy atom. The molecule has 0 saturated carbocycles. The molecule has 5 heteroatoms. The molecular formula is C16H20ClN3O. The molecule has 0 atom stereocenters. The molecule has 2 N–H and O–H groups in total. The maximum absolute atomic E-state index is 6.13. The largest absolute Gasteiger partial charge is 0.471 e. The van der Waals surface area contributed by atoms with Crippen molar-refractivity contribution in [2.24, 2.45) is 5.73 Å². The Hall–Kier alpha value is -1.65. The number of nitrogens with two attached hydrogens (primary N) is 1. The van der Waals surface area contributed by atoms with Gasteiger partial charge in [-0.15, -0.1) is 5.10 Å². The third kappa shape index (κ3) is 3.52. The van der Waals surface area contributed by atoms with Gasteiger partial charge in [-0.3, -0.25) is 0 Å². The lowest BCUT2D eigenvalue weighted by Crippen LogP contribution is -2.12. The second-order valence-corrected chi connectivity index (χ2v) is 5.11. The Morgan fingerprint density at radius 3 is 2.48 bits per heavy atom. The van der Waals surface area contributed by atoms with Crippen LogP contribution in [0.5, 0.6) is 5.88 Å². The normalized spacial score (nSPS) is 10.7. The Balaban J connectivity index is 2.26. The molecule has 0 unspecified atom stereocenters. The van der Waals surface area contributed by atoms with Crippen molar-refractivity contribution in [3.63, 3.8) is 0 Å². The first kappa shape index (κ1) is 15.7. The number of benzene rings is 1. The maximum Gasteiger partial charge on any atom is 0.238 e. The zero-order valence-electron chi connectivity index (χ0n) is 12.4. The van der Waals surface area contributed by atoms with Crippen molar-refractivity contribution >= 4 is 11.6 Å². The summed E-state index contributed by atoms with van der Waals surface area (Å²) in [7, 11) is 0. The predicted octanol–water partition coefficient (Wildman–Crippen LogP) is 3.29. The van der Waals surface area contributed by atoms with E-state index in [4.69, 9.17) is 22.1 Å². The smallest absolute Gasteiger partial charge is 0.238 e. The molecule has 0 spiro atoms. The average Bonchev–Trinajstić information content (AvgIpc) is 2.52. The summed E-state index contributed by atoms with van der Waals surface area (Å²) in [4.78, 5) is 0. The number of ether oxygens (including phenoxy) is 1. The van der Waals surface area contributed by atoms with Crippen LogP contribution in [0.4, 0.5) is 0 Å². The van der Waals surface area contributed by atoms with Gasteiger partial charge in [0.15, 0.2) is 0 Å². The summed E-state index contributed by atoms with van der Waals surface area (Å²) < 4.78 is 5.80. The van der Waals surface area contributed by atoms with E-state index in [1.165, 1.54) is 0 Å². The number of hydrogen-bond donors (Lipinski definition) is 1. The molecule has 2 rings (SSSR count). The van der Waals surface area contributed by atoms with Gasteiger partial charge in [0.2, 0.25) is 5.88 Å². The number of halogens is 1. The monoisotopic (exact) mass is 305 g/mol. The second kappa shape index (κ2) is 7.38. The van der Waals surface area contributed by atoms with E-state index in [-0.39, 0.29) is 0 Å². The van der Waals surface area contributed by atoms with Crippen molar-refractivity contribution in [2.75, 3.05) is 0 Å². The Morgan fingerprint density at radius 1 is 1.10 bits per heavy atom. The molecular weight excluding hydrogens is 286 g/mol. The fraction of sp³-hybridized carbons (Fsp3) is 0.375. The Bertz CT molecular complexity index is 616. The van der Waals surface area contributed by atoms with Crippen molar-refractivity contribution in [1.82, 2.24) is 10.2 Å². The van der Waals surface area contributed by atoms with E-state index in [1.807, 2.05) is 24.3 Å². The van der Waals surface area contributed by atoms with Gasteiger partial charge in [-0.25, -0.2) is 0 Å². The summed E-state index contributed by atoms with van der Waals surface area (Å²) in [5.41, 5.74) is 9.87. The molecule has 1 heterocycles. The lowest BCUT2D eigenvalue weighted by molar-refractivity contribution is 0.285. The summed E-state index contributed by atoms with van der Waals surface area (Å²) in [6.45, 7) is 4.90. The minimum atomic E-state index is 0.357. The quantitative estimate of drug-likeness (QED) is 0.889. The summed E-state index contributed by atoms with van der Waals surface area (Å²) >= 11 is 6.13. The van der Waals surface area contributed by atoms with Gasteiger partial charge in [0.1, 0.15) is 6.61 Å². The fourth-order valence-electron chi connectivity index (χ4n) is 2.32. The van der Waals surface area contributed by atoms with Crippen molar-refractivity contribution < 1.29 is 4.74 Å². The number of hydrogen-bond acceptors (Lipinski definition) is 4.